The minimum Gasteiger partial charge on any atom is -0.480 e. The molecule has 0 radical (unpaired) electrons. The fourth-order valence-electron chi connectivity index (χ4n) is 3.03. The van der Waals surface area contributed by atoms with E-state index < -0.39 is 12.0 Å². The number of rotatable bonds is 10. The molecule has 0 saturated heterocycles. The molecule has 0 heterocycles. The summed E-state index contributed by atoms with van der Waals surface area (Å²) < 4.78 is 32.5. The van der Waals surface area contributed by atoms with Crippen LogP contribution >= 0.6 is 0 Å². The lowest BCUT2D eigenvalue weighted by molar-refractivity contribution is -0.138. The summed E-state index contributed by atoms with van der Waals surface area (Å²) in [6.07, 6.45) is 1.82. The molecule has 0 aliphatic heterocycles. The number of carboxylic acid groups (broad SMARTS) is 1. The Morgan fingerprint density at radius 2 is 1.75 bits per heavy atom. The lowest BCUT2D eigenvalue weighted by Crippen LogP contribution is -2.29. The molecule has 1 atom stereocenters. The van der Waals surface area contributed by atoms with Crippen LogP contribution in [0.1, 0.15) is 41.5 Å². The zero-order valence-corrected chi connectivity index (χ0v) is 16.5. The van der Waals surface area contributed by atoms with E-state index in [0.29, 0.717) is 54.9 Å². The highest BCUT2D eigenvalue weighted by molar-refractivity contribution is 5.77. The van der Waals surface area contributed by atoms with Crippen molar-refractivity contribution < 1.29 is 23.4 Å². The first-order valence-electron chi connectivity index (χ1n) is 9.36. The molecule has 0 aliphatic rings. The molecule has 2 N–H and O–H groups in total. The van der Waals surface area contributed by atoms with Gasteiger partial charge < -0.3 is 15.2 Å². The van der Waals surface area contributed by atoms with Crippen molar-refractivity contribution in [1.29, 1.82) is 0 Å². The lowest BCUT2D eigenvalue weighted by atomic mass is 10.1. The minimum atomic E-state index is -0.942. The van der Waals surface area contributed by atoms with Gasteiger partial charge in [-0.25, -0.2) is 13.6 Å². The molecule has 0 fully saturated rings. The highest BCUT2D eigenvalue weighted by Crippen LogP contribution is 2.20. The largest absolute Gasteiger partial charge is 0.480 e. The number of unbranched alkanes of at least 4 members (excludes halogenated alkanes) is 1. The third-order valence-corrected chi connectivity index (χ3v) is 4.60. The van der Waals surface area contributed by atoms with Gasteiger partial charge in [-0.05, 0) is 80.5 Å². The summed E-state index contributed by atoms with van der Waals surface area (Å²) in [6.45, 7) is 5.92. The number of nitrogens with one attached hydrogen (secondary N) is 1. The molecule has 2 aromatic carbocycles. The SMILES string of the molecule is Cc1cc(COCCCCC(Nc2cc(C)c(F)c(C)c2)C(=O)O)ccc1F. The van der Waals surface area contributed by atoms with E-state index in [1.54, 1.807) is 45.0 Å². The van der Waals surface area contributed by atoms with Crippen LogP contribution in [-0.4, -0.2) is 23.7 Å². The number of benzene rings is 2. The van der Waals surface area contributed by atoms with Crippen molar-refractivity contribution in [3.8, 4) is 0 Å². The summed E-state index contributed by atoms with van der Waals surface area (Å²) in [5.74, 6) is -1.45. The summed E-state index contributed by atoms with van der Waals surface area (Å²) in [7, 11) is 0. The first-order chi connectivity index (χ1) is 13.3. The van der Waals surface area contributed by atoms with Gasteiger partial charge in [0.2, 0.25) is 0 Å². The van der Waals surface area contributed by atoms with E-state index in [9.17, 15) is 18.7 Å². The molecule has 28 heavy (non-hydrogen) atoms. The predicted octanol–water partition coefficient (Wildman–Crippen LogP) is 5.14. The van der Waals surface area contributed by atoms with Crippen LogP contribution in [0.25, 0.3) is 0 Å². The first kappa shape index (κ1) is 21.8. The quantitative estimate of drug-likeness (QED) is 0.551. The third-order valence-electron chi connectivity index (χ3n) is 4.60. The van der Waals surface area contributed by atoms with Gasteiger partial charge in [-0.1, -0.05) is 12.1 Å². The zero-order valence-electron chi connectivity index (χ0n) is 16.5. The maximum absolute atomic E-state index is 13.7. The Hall–Kier alpha value is -2.47. The van der Waals surface area contributed by atoms with Gasteiger partial charge in [0.1, 0.15) is 17.7 Å². The molecule has 6 heteroatoms. The van der Waals surface area contributed by atoms with Crippen LogP contribution in [-0.2, 0) is 16.1 Å². The monoisotopic (exact) mass is 391 g/mol. The van der Waals surface area contributed by atoms with Gasteiger partial charge in [-0.15, -0.1) is 0 Å². The molecule has 0 aliphatic carbocycles. The number of ether oxygens (including phenoxy) is 1. The van der Waals surface area contributed by atoms with E-state index in [1.807, 2.05) is 0 Å². The van der Waals surface area contributed by atoms with Gasteiger partial charge in [0.05, 0.1) is 6.61 Å². The molecule has 152 valence electrons. The molecular weight excluding hydrogens is 364 g/mol. The summed E-state index contributed by atoms with van der Waals surface area (Å²) >= 11 is 0. The molecule has 2 rings (SSSR count). The smallest absolute Gasteiger partial charge is 0.326 e. The van der Waals surface area contributed by atoms with Gasteiger partial charge in [0.15, 0.2) is 0 Å². The van der Waals surface area contributed by atoms with Gasteiger partial charge in [-0.2, -0.15) is 0 Å². The van der Waals surface area contributed by atoms with E-state index in [-0.39, 0.29) is 11.6 Å². The Morgan fingerprint density at radius 3 is 2.36 bits per heavy atom. The minimum absolute atomic E-state index is 0.234. The fourth-order valence-corrected chi connectivity index (χ4v) is 3.03. The van der Waals surface area contributed by atoms with E-state index in [0.717, 1.165) is 5.56 Å². The lowest BCUT2D eigenvalue weighted by Gasteiger charge is -2.17. The van der Waals surface area contributed by atoms with Crippen LogP contribution in [0.3, 0.4) is 0 Å². The van der Waals surface area contributed by atoms with Crippen molar-refractivity contribution in [3.05, 3.63) is 64.2 Å². The molecule has 0 amide bonds. The molecule has 0 bridgehead atoms. The average molecular weight is 391 g/mol. The van der Waals surface area contributed by atoms with Gasteiger partial charge in [0, 0.05) is 12.3 Å². The Morgan fingerprint density at radius 1 is 1.07 bits per heavy atom. The second-order valence-electron chi connectivity index (χ2n) is 7.09. The number of carbonyl (C=O) groups is 1. The summed E-state index contributed by atoms with van der Waals surface area (Å²) in [4.78, 5) is 11.5. The van der Waals surface area contributed by atoms with Crippen molar-refractivity contribution in [2.24, 2.45) is 0 Å². The maximum Gasteiger partial charge on any atom is 0.326 e. The Bertz CT molecular complexity index is 800. The second kappa shape index (κ2) is 10.2. The third kappa shape index (κ3) is 6.30. The Kier molecular flexibility index (Phi) is 7.93. The molecule has 0 spiro atoms. The van der Waals surface area contributed by atoms with Gasteiger partial charge in [-0.3, -0.25) is 0 Å². The fraction of sp³-hybridized carbons (Fsp3) is 0.409. The van der Waals surface area contributed by atoms with Crippen molar-refractivity contribution in [2.75, 3.05) is 11.9 Å². The van der Waals surface area contributed by atoms with Crippen LogP contribution in [0.2, 0.25) is 0 Å². The van der Waals surface area contributed by atoms with Crippen molar-refractivity contribution >= 4 is 11.7 Å². The molecule has 2 aromatic rings. The standard InChI is InChI=1S/C22H27F2NO3/c1-14-10-17(7-8-19(14)23)13-28-9-5-4-6-20(22(26)27)25-18-11-15(2)21(24)16(3)12-18/h7-8,10-12,20,25H,4-6,9,13H2,1-3H3,(H,26,27). The number of halogens is 2. The summed E-state index contributed by atoms with van der Waals surface area (Å²) in [5.41, 5.74) is 3.06. The average Bonchev–Trinajstić information content (AvgIpc) is 2.64. The Balaban J connectivity index is 1.76. The molecule has 0 saturated carbocycles. The predicted molar refractivity (Wildman–Crippen MR) is 106 cm³/mol. The van der Waals surface area contributed by atoms with Crippen LogP contribution in [0.4, 0.5) is 14.5 Å². The van der Waals surface area contributed by atoms with Crippen molar-refractivity contribution in [2.45, 2.75) is 52.7 Å². The number of anilines is 1. The van der Waals surface area contributed by atoms with E-state index in [1.165, 1.54) is 6.07 Å². The van der Waals surface area contributed by atoms with E-state index >= 15 is 0 Å². The van der Waals surface area contributed by atoms with Crippen LogP contribution < -0.4 is 5.32 Å². The number of aryl methyl sites for hydroxylation is 3. The van der Waals surface area contributed by atoms with Gasteiger partial charge >= 0.3 is 5.97 Å². The van der Waals surface area contributed by atoms with E-state index in [4.69, 9.17) is 4.74 Å². The van der Waals surface area contributed by atoms with Crippen LogP contribution in [0, 0.1) is 32.4 Å². The highest BCUT2D eigenvalue weighted by Gasteiger charge is 2.17. The first-order valence-corrected chi connectivity index (χ1v) is 9.36. The molecule has 0 aromatic heterocycles. The Labute approximate surface area is 164 Å². The number of hydrogen-bond donors (Lipinski definition) is 2. The number of carboxylic acids is 1. The topological polar surface area (TPSA) is 58.6 Å². The van der Waals surface area contributed by atoms with Gasteiger partial charge in [0.25, 0.3) is 0 Å². The summed E-state index contributed by atoms with van der Waals surface area (Å²) in [5, 5.41) is 12.4. The van der Waals surface area contributed by atoms with Crippen LogP contribution in [0.5, 0.6) is 0 Å². The summed E-state index contributed by atoms with van der Waals surface area (Å²) in [6, 6.07) is 7.36. The zero-order chi connectivity index (χ0) is 20.7. The molecule has 1 unspecified atom stereocenters. The second-order valence-corrected chi connectivity index (χ2v) is 7.09. The molecule has 4 nitrogen and oxygen atoms in total. The van der Waals surface area contributed by atoms with Crippen molar-refractivity contribution in [1.82, 2.24) is 0 Å². The number of hydrogen-bond acceptors (Lipinski definition) is 3. The van der Waals surface area contributed by atoms with Crippen LogP contribution in [0.15, 0.2) is 30.3 Å². The maximum atomic E-state index is 13.7. The number of aliphatic carboxylic acids is 1. The molecular formula is C22H27F2NO3. The van der Waals surface area contributed by atoms with E-state index in [2.05, 4.69) is 5.32 Å². The van der Waals surface area contributed by atoms with Crippen molar-refractivity contribution in [3.63, 3.8) is 0 Å². The normalized spacial score (nSPS) is 12.0. The highest BCUT2D eigenvalue weighted by atomic mass is 19.1.